The molecule has 2 rings (SSSR count). The molecule has 2 aromatic rings. The third kappa shape index (κ3) is 1.62. The van der Waals surface area contributed by atoms with Gasteiger partial charge in [0.25, 0.3) is 0 Å². The number of hydrogen-bond donors (Lipinski definition) is 0. The lowest BCUT2D eigenvalue weighted by Crippen LogP contribution is -2.41. The molecule has 0 spiro atoms. The van der Waals surface area contributed by atoms with Crippen LogP contribution in [-0.2, 0) is 6.42 Å². The first kappa shape index (κ1) is 10.5. The van der Waals surface area contributed by atoms with Crippen LogP contribution in [0.5, 0.6) is 0 Å². The van der Waals surface area contributed by atoms with Crippen molar-refractivity contribution < 1.29 is 0 Å². The smallest absolute Gasteiger partial charge is 0.249 e. The minimum Gasteiger partial charge on any atom is -0.374 e. The molecule has 0 fully saturated rings. The SMILES string of the molecule is CN(C)c1c(Cc2cccnc2)c(=O)c1=O. The maximum Gasteiger partial charge on any atom is 0.249 e. The molecule has 1 heterocycles. The Bertz CT molecular complexity index is 566. The number of anilines is 1. The molecule has 0 bridgehead atoms. The van der Waals surface area contributed by atoms with Crippen LogP contribution in [0.15, 0.2) is 34.1 Å². The molecule has 16 heavy (non-hydrogen) atoms. The van der Waals surface area contributed by atoms with E-state index in [2.05, 4.69) is 4.98 Å². The Kier molecular flexibility index (Phi) is 2.56. The van der Waals surface area contributed by atoms with E-state index < -0.39 is 0 Å². The lowest BCUT2D eigenvalue weighted by molar-refractivity contribution is 1.02. The fourth-order valence-corrected chi connectivity index (χ4v) is 1.77. The molecule has 4 nitrogen and oxygen atoms in total. The monoisotopic (exact) mass is 216 g/mol. The minimum absolute atomic E-state index is 0.368. The largest absolute Gasteiger partial charge is 0.374 e. The van der Waals surface area contributed by atoms with Crippen molar-refractivity contribution in [2.75, 3.05) is 19.0 Å². The number of hydrogen-bond acceptors (Lipinski definition) is 4. The van der Waals surface area contributed by atoms with E-state index in [1.807, 2.05) is 12.1 Å². The van der Waals surface area contributed by atoms with Gasteiger partial charge in [0, 0.05) is 38.5 Å². The Hall–Kier alpha value is -1.97. The van der Waals surface area contributed by atoms with Crippen molar-refractivity contribution in [2.45, 2.75) is 6.42 Å². The molecule has 0 saturated heterocycles. The zero-order valence-corrected chi connectivity index (χ0v) is 9.23. The van der Waals surface area contributed by atoms with Crippen LogP contribution in [0.2, 0.25) is 0 Å². The van der Waals surface area contributed by atoms with Crippen molar-refractivity contribution in [3.05, 3.63) is 56.1 Å². The second-order valence-corrected chi connectivity index (χ2v) is 3.92. The lowest BCUT2D eigenvalue weighted by Gasteiger charge is -2.18. The van der Waals surface area contributed by atoms with E-state index in [4.69, 9.17) is 0 Å². The highest BCUT2D eigenvalue weighted by Gasteiger charge is 2.21. The average Bonchev–Trinajstić information content (AvgIpc) is 2.28. The van der Waals surface area contributed by atoms with E-state index in [0.29, 0.717) is 17.7 Å². The fourth-order valence-electron chi connectivity index (χ4n) is 1.77. The highest BCUT2D eigenvalue weighted by atomic mass is 16.2. The first-order valence-corrected chi connectivity index (χ1v) is 4.99. The van der Waals surface area contributed by atoms with Gasteiger partial charge >= 0.3 is 0 Å². The van der Waals surface area contributed by atoms with Gasteiger partial charge in [-0.15, -0.1) is 0 Å². The molecule has 1 aromatic heterocycles. The average molecular weight is 216 g/mol. The molecule has 4 heteroatoms. The van der Waals surface area contributed by atoms with Crippen LogP contribution in [0.25, 0.3) is 0 Å². The normalized spacial score (nSPS) is 10.6. The molecule has 0 amide bonds. The van der Waals surface area contributed by atoms with Crippen molar-refractivity contribution in [3.63, 3.8) is 0 Å². The molecule has 0 N–H and O–H groups in total. The van der Waals surface area contributed by atoms with E-state index in [9.17, 15) is 9.59 Å². The summed E-state index contributed by atoms with van der Waals surface area (Å²) >= 11 is 0. The van der Waals surface area contributed by atoms with Gasteiger partial charge in [0.2, 0.25) is 10.9 Å². The van der Waals surface area contributed by atoms with E-state index in [-0.39, 0.29) is 10.9 Å². The Morgan fingerprint density at radius 1 is 1.25 bits per heavy atom. The quantitative estimate of drug-likeness (QED) is 0.694. The van der Waals surface area contributed by atoms with Gasteiger partial charge in [-0.3, -0.25) is 14.6 Å². The zero-order valence-electron chi connectivity index (χ0n) is 9.23. The molecule has 0 radical (unpaired) electrons. The second-order valence-electron chi connectivity index (χ2n) is 3.92. The Balaban J connectivity index is 2.34. The highest BCUT2D eigenvalue weighted by Crippen LogP contribution is 2.15. The summed E-state index contributed by atoms with van der Waals surface area (Å²) < 4.78 is 0. The van der Waals surface area contributed by atoms with Gasteiger partial charge in [-0.25, -0.2) is 0 Å². The zero-order chi connectivity index (χ0) is 11.7. The molecule has 0 aliphatic heterocycles. The van der Waals surface area contributed by atoms with Crippen LogP contribution in [0.4, 0.5) is 5.69 Å². The molecule has 0 atom stereocenters. The van der Waals surface area contributed by atoms with Crippen LogP contribution in [0, 0.1) is 0 Å². The predicted molar refractivity (Wildman–Crippen MR) is 62.7 cm³/mol. The summed E-state index contributed by atoms with van der Waals surface area (Å²) in [5.41, 5.74) is 1.30. The molecule has 0 saturated carbocycles. The Morgan fingerprint density at radius 2 is 2.00 bits per heavy atom. The summed E-state index contributed by atoms with van der Waals surface area (Å²) in [6.07, 6.45) is 3.86. The van der Waals surface area contributed by atoms with Crippen molar-refractivity contribution >= 4 is 5.69 Å². The Labute approximate surface area is 92.9 Å². The summed E-state index contributed by atoms with van der Waals surface area (Å²) in [6.45, 7) is 0. The topological polar surface area (TPSA) is 50.3 Å². The first-order valence-electron chi connectivity index (χ1n) is 4.99. The van der Waals surface area contributed by atoms with Gasteiger partial charge in [0.1, 0.15) is 0 Å². The third-order valence-corrected chi connectivity index (χ3v) is 2.53. The molecule has 0 aliphatic rings. The van der Waals surface area contributed by atoms with Gasteiger partial charge in [0.05, 0.1) is 5.69 Å². The van der Waals surface area contributed by atoms with Gasteiger partial charge in [-0.2, -0.15) is 0 Å². The maximum absolute atomic E-state index is 11.4. The predicted octanol–water partition coefficient (Wildman–Crippen LogP) is 0.334. The van der Waals surface area contributed by atoms with Gasteiger partial charge in [-0.05, 0) is 11.6 Å². The van der Waals surface area contributed by atoms with Crippen LogP contribution < -0.4 is 15.8 Å². The third-order valence-electron chi connectivity index (χ3n) is 2.53. The fraction of sp³-hybridized carbons (Fsp3) is 0.250. The van der Waals surface area contributed by atoms with E-state index in [1.165, 1.54) is 0 Å². The number of aromatic nitrogens is 1. The van der Waals surface area contributed by atoms with Crippen LogP contribution >= 0.6 is 0 Å². The number of rotatable bonds is 3. The minimum atomic E-state index is -0.385. The van der Waals surface area contributed by atoms with Crippen LogP contribution in [-0.4, -0.2) is 19.1 Å². The van der Waals surface area contributed by atoms with E-state index in [1.54, 1.807) is 31.4 Å². The van der Waals surface area contributed by atoms with Crippen molar-refractivity contribution in [3.8, 4) is 0 Å². The first-order chi connectivity index (χ1) is 7.61. The second kappa shape index (κ2) is 3.89. The Morgan fingerprint density at radius 3 is 2.56 bits per heavy atom. The van der Waals surface area contributed by atoms with Crippen LogP contribution in [0.3, 0.4) is 0 Å². The van der Waals surface area contributed by atoms with Crippen molar-refractivity contribution in [2.24, 2.45) is 0 Å². The molecular weight excluding hydrogens is 204 g/mol. The molecule has 82 valence electrons. The number of pyridine rings is 1. The lowest BCUT2D eigenvalue weighted by atomic mass is 9.99. The van der Waals surface area contributed by atoms with Gasteiger partial charge < -0.3 is 4.90 Å². The van der Waals surface area contributed by atoms with Gasteiger partial charge in [0.15, 0.2) is 0 Å². The van der Waals surface area contributed by atoms with Gasteiger partial charge in [-0.1, -0.05) is 6.07 Å². The molecular formula is C12H12N2O2. The summed E-state index contributed by atoms with van der Waals surface area (Å²) in [6, 6.07) is 3.71. The molecule has 0 unspecified atom stereocenters. The standard InChI is InChI=1S/C12H12N2O2/c1-14(2)10-9(11(15)12(10)16)6-8-4-3-5-13-7-8/h3-5,7H,6H2,1-2H3. The van der Waals surface area contributed by atoms with Crippen molar-refractivity contribution in [1.29, 1.82) is 0 Å². The van der Waals surface area contributed by atoms with E-state index >= 15 is 0 Å². The van der Waals surface area contributed by atoms with E-state index in [0.717, 1.165) is 5.56 Å². The van der Waals surface area contributed by atoms with Crippen molar-refractivity contribution in [1.82, 2.24) is 4.98 Å². The summed E-state index contributed by atoms with van der Waals surface area (Å²) in [5.74, 6) is 0. The highest BCUT2D eigenvalue weighted by molar-refractivity contribution is 5.58. The summed E-state index contributed by atoms with van der Waals surface area (Å²) in [4.78, 5) is 28.4. The summed E-state index contributed by atoms with van der Waals surface area (Å²) in [5, 5.41) is 0. The summed E-state index contributed by atoms with van der Waals surface area (Å²) in [7, 11) is 3.53. The number of nitrogens with zero attached hydrogens (tertiary/aromatic N) is 2. The molecule has 0 aliphatic carbocycles. The maximum atomic E-state index is 11.4. The molecule has 1 aromatic carbocycles. The van der Waals surface area contributed by atoms with Crippen LogP contribution in [0.1, 0.15) is 11.1 Å².